The van der Waals surface area contributed by atoms with E-state index in [0.717, 1.165) is 37.8 Å². The lowest BCUT2D eigenvalue weighted by molar-refractivity contribution is -0.384. The van der Waals surface area contributed by atoms with Gasteiger partial charge in [0.15, 0.2) is 0 Å². The molecule has 0 radical (unpaired) electrons. The summed E-state index contributed by atoms with van der Waals surface area (Å²) >= 11 is 0. The van der Waals surface area contributed by atoms with Crippen LogP contribution in [-0.4, -0.2) is 63.5 Å². The van der Waals surface area contributed by atoms with E-state index < -0.39 is 14.9 Å². The van der Waals surface area contributed by atoms with Crippen LogP contribution in [0, 0.1) is 10.1 Å². The highest BCUT2D eigenvalue weighted by Gasteiger charge is 2.21. The average Bonchev–Trinajstić information content (AvgIpc) is 2.74. The molecule has 0 saturated carbocycles. The van der Waals surface area contributed by atoms with Crippen molar-refractivity contribution < 1.29 is 13.3 Å². The maximum atomic E-state index is 12.5. The molecule has 1 saturated heterocycles. The summed E-state index contributed by atoms with van der Waals surface area (Å²) in [7, 11) is -0.193. The van der Waals surface area contributed by atoms with Gasteiger partial charge in [-0.15, -0.1) is 0 Å². The highest BCUT2D eigenvalue weighted by atomic mass is 32.2. The zero-order valence-electron chi connectivity index (χ0n) is 17.7. The van der Waals surface area contributed by atoms with Gasteiger partial charge in [0.1, 0.15) is 11.5 Å². The Morgan fingerprint density at radius 2 is 1.90 bits per heavy atom. The van der Waals surface area contributed by atoms with Crippen LogP contribution in [0.1, 0.15) is 19.3 Å². The molecule has 0 unspecified atom stereocenters. The molecule has 2 N–H and O–H groups in total. The van der Waals surface area contributed by atoms with Gasteiger partial charge in [0.25, 0.3) is 5.69 Å². The molecule has 2 heterocycles. The highest BCUT2D eigenvalue weighted by molar-refractivity contribution is 7.89. The van der Waals surface area contributed by atoms with Crippen LogP contribution in [0.5, 0.6) is 0 Å². The third kappa shape index (κ3) is 6.12. The van der Waals surface area contributed by atoms with Crippen molar-refractivity contribution in [2.24, 2.45) is 0 Å². The number of hydrogen-bond acceptors (Lipinski definition) is 8. The van der Waals surface area contributed by atoms with Gasteiger partial charge >= 0.3 is 0 Å². The largest absolute Gasteiger partial charge is 0.357 e. The number of rotatable bonds is 9. The smallest absolute Gasteiger partial charge is 0.294 e. The molecule has 11 heteroatoms. The number of sulfonamides is 1. The van der Waals surface area contributed by atoms with Crippen LogP contribution in [0.4, 0.5) is 22.9 Å². The number of piperidine rings is 1. The van der Waals surface area contributed by atoms with Crippen LogP contribution >= 0.6 is 0 Å². The van der Waals surface area contributed by atoms with Crippen molar-refractivity contribution in [3.63, 3.8) is 0 Å². The first-order chi connectivity index (χ1) is 14.8. The predicted molar refractivity (Wildman–Crippen MR) is 120 cm³/mol. The lowest BCUT2D eigenvalue weighted by Crippen LogP contribution is -2.31. The molecule has 0 amide bonds. The fraction of sp³-hybridized carbons (Fsp3) is 0.450. The molecule has 0 aliphatic carbocycles. The maximum absolute atomic E-state index is 12.5. The fourth-order valence-electron chi connectivity index (χ4n) is 3.35. The van der Waals surface area contributed by atoms with E-state index in [-0.39, 0.29) is 22.8 Å². The minimum absolute atomic E-state index is 0.151. The molecule has 168 valence electrons. The first-order valence-electron chi connectivity index (χ1n) is 10.2. The molecule has 0 spiro atoms. The third-order valence-corrected chi connectivity index (χ3v) is 6.49. The molecule has 1 aliphatic rings. The van der Waals surface area contributed by atoms with Crippen LogP contribution < -0.4 is 14.9 Å². The number of aromatic nitrogens is 1. The van der Waals surface area contributed by atoms with Crippen molar-refractivity contribution in [1.82, 2.24) is 14.6 Å². The van der Waals surface area contributed by atoms with Gasteiger partial charge in [-0.05, 0) is 57.6 Å². The predicted octanol–water partition coefficient (Wildman–Crippen LogP) is 2.56. The Hall–Kier alpha value is -2.76. The Morgan fingerprint density at radius 1 is 1.16 bits per heavy atom. The van der Waals surface area contributed by atoms with Crippen LogP contribution in [0.3, 0.4) is 0 Å². The quantitative estimate of drug-likeness (QED) is 0.444. The van der Waals surface area contributed by atoms with Gasteiger partial charge in [-0.2, -0.15) is 0 Å². The molecule has 0 bridgehead atoms. The Bertz CT molecular complexity index is 1000. The Labute approximate surface area is 182 Å². The topological polar surface area (TPSA) is 121 Å². The first-order valence-corrected chi connectivity index (χ1v) is 11.7. The molecular weight excluding hydrogens is 420 g/mol. The van der Waals surface area contributed by atoms with E-state index in [1.165, 1.54) is 18.6 Å². The third-order valence-electron chi connectivity index (χ3n) is 5.03. The minimum atomic E-state index is -3.85. The maximum Gasteiger partial charge on any atom is 0.294 e. The number of nitrogens with one attached hydrogen (secondary N) is 2. The van der Waals surface area contributed by atoms with Crippen molar-refractivity contribution >= 4 is 32.9 Å². The van der Waals surface area contributed by atoms with E-state index in [1.807, 2.05) is 31.1 Å². The summed E-state index contributed by atoms with van der Waals surface area (Å²) in [5.41, 5.74) is 0.462. The van der Waals surface area contributed by atoms with Gasteiger partial charge < -0.3 is 15.1 Å². The molecule has 31 heavy (non-hydrogen) atoms. The minimum Gasteiger partial charge on any atom is -0.357 e. The number of anilines is 3. The molecule has 1 aromatic heterocycles. The summed E-state index contributed by atoms with van der Waals surface area (Å²) in [4.78, 5) is 19.3. The summed E-state index contributed by atoms with van der Waals surface area (Å²) in [6.45, 7) is 2.67. The fourth-order valence-corrected chi connectivity index (χ4v) is 4.39. The zero-order valence-corrected chi connectivity index (χ0v) is 18.6. The van der Waals surface area contributed by atoms with E-state index in [4.69, 9.17) is 0 Å². The second-order valence-corrected chi connectivity index (χ2v) is 9.48. The second kappa shape index (κ2) is 10.0. The molecule has 1 aliphatic heterocycles. The number of likely N-dealkylation sites (N-methyl/N-ethyl adjacent to an activating group) is 1. The summed E-state index contributed by atoms with van der Waals surface area (Å²) in [6, 6.07) is 7.51. The molecule has 1 fully saturated rings. The standard InChI is InChI=1S/C20H28N6O4S/c1-24(2)13-10-22-31(29,30)17-7-8-18(19(14-17)26(27)28)23-16-6-9-20(21-15-16)25-11-4-3-5-12-25/h6-9,14-15,22-23H,3-5,10-13H2,1-2H3. The summed E-state index contributed by atoms with van der Waals surface area (Å²) in [5.74, 6) is 0.880. The Kier molecular flexibility index (Phi) is 7.42. The number of benzene rings is 1. The van der Waals surface area contributed by atoms with Crippen molar-refractivity contribution in [2.75, 3.05) is 50.5 Å². The second-order valence-electron chi connectivity index (χ2n) is 7.71. The molecule has 1 aromatic carbocycles. The Balaban J connectivity index is 1.76. The first kappa shape index (κ1) is 22.9. The van der Waals surface area contributed by atoms with E-state index in [1.54, 1.807) is 6.20 Å². The van der Waals surface area contributed by atoms with Gasteiger partial charge in [-0.25, -0.2) is 18.1 Å². The summed E-state index contributed by atoms with van der Waals surface area (Å²) < 4.78 is 27.4. The van der Waals surface area contributed by atoms with E-state index >= 15 is 0 Å². The zero-order chi connectivity index (χ0) is 22.4. The number of pyridine rings is 1. The van der Waals surface area contributed by atoms with Crippen LogP contribution in [0.25, 0.3) is 0 Å². The normalized spacial score (nSPS) is 14.6. The monoisotopic (exact) mass is 448 g/mol. The van der Waals surface area contributed by atoms with E-state index in [2.05, 4.69) is 19.9 Å². The molecule has 10 nitrogen and oxygen atoms in total. The molecule has 2 aromatic rings. The highest BCUT2D eigenvalue weighted by Crippen LogP contribution is 2.30. The Morgan fingerprint density at radius 3 is 2.52 bits per heavy atom. The SMILES string of the molecule is CN(C)CCNS(=O)(=O)c1ccc(Nc2ccc(N3CCCCC3)nc2)c([N+](=O)[O-])c1. The van der Waals surface area contributed by atoms with Gasteiger partial charge in [0.2, 0.25) is 10.0 Å². The van der Waals surface area contributed by atoms with Gasteiger partial charge in [-0.1, -0.05) is 0 Å². The molecule has 3 rings (SSSR count). The van der Waals surface area contributed by atoms with Crippen LogP contribution in [0.15, 0.2) is 41.4 Å². The van der Waals surface area contributed by atoms with E-state index in [0.29, 0.717) is 12.2 Å². The summed E-state index contributed by atoms with van der Waals surface area (Å²) in [6.07, 6.45) is 5.15. The summed E-state index contributed by atoms with van der Waals surface area (Å²) in [5, 5.41) is 14.6. The van der Waals surface area contributed by atoms with Crippen molar-refractivity contribution in [1.29, 1.82) is 0 Å². The van der Waals surface area contributed by atoms with Crippen molar-refractivity contribution in [3.05, 3.63) is 46.6 Å². The van der Waals surface area contributed by atoms with Crippen LogP contribution in [0.2, 0.25) is 0 Å². The number of nitrogens with zero attached hydrogens (tertiary/aromatic N) is 4. The van der Waals surface area contributed by atoms with Gasteiger partial charge in [0, 0.05) is 32.2 Å². The molecular formula is C20H28N6O4S. The lowest BCUT2D eigenvalue weighted by Gasteiger charge is -2.27. The average molecular weight is 449 g/mol. The van der Waals surface area contributed by atoms with Gasteiger partial charge in [-0.3, -0.25) is 10.1 Å². The van der Waals surface area contributed by atoms with Crippen molar-refractivity contribution in [3.8, 4) is 0 Å². The van der Waals surface area contributed by atoms with Crippen LogP contribution in [-0.2, 0) is 10.0 Å². The number of nitro benzene ring substituents is 1. The van der Waals surface area contributed by atoms with E-state index in [9.17, 15) is 18.5 Å². The number of hydrogen-bond donors (Lipinski definition) is 2. The van der Waals surface area contributed by atoms with Crippen molar-refractivity contribution in [2.45, 2.75) is 24.2 Å². The number of nitro groups is 1. The van der Waals surface area contributed by atoms with Gasteiger partial charge in [0.05, 0.1) is 21.7 Å². The molecule has 0 atom stereocenters. The lowest BCUT2D eigenvalue weighted by atomic mass is 10.1.